The molecule has 0 unspecified atom stereocenters. The number of carbonyl (C=O) groups excluding carboxylic acids is 2. The van der Waals surface area contributed by atoms with Gasteiger partial charge in [-0.25, -0.2) is 8.42 Å². The van der Waals surface area contributed by atoms with E-state index in [9.17, 15) is 18.0 Å². The van der Waals surface area contributed by atoms with Crippen molar-refractivity contribution >= 4 is 43.5 Å². The van der Waals surface area contributed by atoms with E-state index in [2.05, 4.69) is 21.2 Å². The molecule has 0 aromatic heterocycles. The summed E-state index contributed by atoms with van der Waals surface area (Å²) in [5.41, 5.74) is 1.94. The van der Waals surface area contributed by atoms with Gasteiger partial charge < -0.3 is 19.7 Å². The summed E-state index contributed by atoms with van der Waals surface area (Å²) in [5, 5.41) is 2.67. The Morgan fingerprint density at radius 3 is 2.33 bits per heavy atom. The Morgan fingerprint density at radius 1 is 0.974 bits per heavy atom. The van der Waals surface area contributed by atoms with Gasteiger partial charge in [-0.2, -0.15) is 0 Å². The van der Waals surface area contributed by atoms with Gasteiger partial charge in [-0.1, -0.05) is 58.4 Å². The van der Waals surface area contributed by atoms with Gasteiger partial charge in [-0.05, 0) is 42.3 Å². The molecule has 1 aliphatic rings. The van der Waals surface area contributed by atoms with Crippen LogP contribution in [0.4, 0.5) is 5.69 Å². The minimum atomic E-state index is -3.87. The van der Waals surface area contributed by atoms with Crippen molar-refractivity contribution in [3.8, 4) is 11.5 Å². The largest absolute Gasteiger partial charge is 0.454 e. The maximum Gasteiger partial charge on any atom is 0.244 e. The third-order valence-corrected chi connectivity index (χ3v) is 8.68. The highest BCUT2D eigenvalue weighted by Gasteiger charge is 2.33. The quantitative estimate of drug-likeness (QED) is 0.352. The smallest absolute Gasteiger partial charge is 0.244 e. The fourth-order valence-corrected chi connectivity index (χ4v) is 5.59. The fourth-order valence-electron chi connectivity index (χ4n) is 4.27. The molecule has 39 heavy (non-hydrogen) atoms. The summed E-state index contributed by atoms with van der Waals surface area (Å²) in [6.45, 7) is 1.17. The number of likely N-dealkylation sites (N-methyl/N-ethyl adjacent to an activating group) is 1. The molecule has 0 saturated heterocycles. The molecule has 0 fully saturated rings. The third-order valence-electron chi connectivity index (χ3n) is 6.41. The third kappa shape index (κ3) is 6.90. The fraction of sp³-hybridized carbons (Fsp3) is 0.286. The standard InChI is InChI=1S/C28H30BrN3O6S/c1-3-39(35,36)32(23-13-14-25-26(16-23)38-19-37-25)18-27(33)31(17-21-9-11-22(29)12-10-21)24(28(34)30-2)15-20-7-5-4-6-8-20/h4-14,16,24H,3,15,17-19H2,1-2H3,(H,30,34)/t24-/m1/s1. The van der Waals surface area contributed by atoms with Crippen LogP contribution < -0.4 is 19.1 Å². The molecule has 0 spiro atoms. The van der Waals surface area contributed by atoms with Crippen molar-refractivity contribution in [2.45, 2.75) is 25.9 Å². The van der Waals surface area contributed by atoms with Crippen LogP contribution in [0.15, 0.2) is 77.3 Å². The van der Waals surface area contributed by atoms with Crippen LogP contribution in [0.2, 0.25) is 0 Å². The lowest BCUT2D eigenvalue weighted by Gasteiger charge is -2.33. The molecule has 4 rings (SSSR count). The Morgan fingerprint density at radius 2 is 1.67 bits per heavy atom. The first-order chi connectivity index (χ1) is 18.7. The number of rotatable bonds is 11. The topological polar surface area (TPSA) is 105 Å². The Bertz CT molecular complexity index is 1420. The van der Waals surface area contributed by atoms with Crippen LogP contribution in [-0.4, -0.2) is 57.3 Å². The van der Waals surface area contributed by atoms with Crippen molar-refractivity contribution < 1.29 is 27.5 Å². The molecule has 11 heteroatoms. The number of sulfonamides is 1. The molecule has 1 N–H and O–H groups in total. The van der Waals surface area contributed by atoms with Crippen molar-refractivity contribution in [1.29, 1.82) is 0 Å². The van der Waals surface area contributed by atoms with Gasteiger partial charge in [-0.15, -0.1) is 0 Å². The van der Waals surface area contributed by atoms with E-state index in [-0.39, 0.29) is 37.1 Å². The second kappa shape index (κ2) is 12.5. The zero-order valence-electron chi connectivity index (χ0n) is 21.7. The molecule has 206 valence electrons. The normalized spacial score (nSPS) is 13.0. The van der Waals surface area contributed by atoms with Gasteiger partial charge >= 0.3 is 0 Å². The summed E-state index contributed by atoms with van der Waals surface area (Å²) >= 11 is 3.42. The summed E-state index contributed by atoms with van der Waals surface area (Å²) in [6.07, 6.45) is 0.257. The van der Waals surface area contributed by atoms with E-state index < -0.39 is 28.5 Å². The molecule has 0 bridgehead atoms. The molecule has 2 amide bonds. The second-order valence-corrected chi connectivity index (χ2v) is 12.0. The van der Waals surface area contributed by atoms with Crippen LogP contribution >= 0.6 is 15.9 Å². The number of hydrogen-bond acceptors (Lipinski definition) is 6. The van der Waals surface area contributed by atoms with Gasteiger partial charge in [0.1, 0.15) is 12.6 Å². The summed E-state index contributed by atoms with van der Waals surface area (Å²) in [6, 6.07) is 20.7. The molecular weight excluding hydrogens is 586 g/mol. The number of nitrogens with one attached hydrogen (secondary N) is 1. The number of fused-ring (bicyclic) bond motifs is 1. The SMILES string of the molecule is CCS(=O)(=O)N(CC(=O)N(Cc1ccc(Br)cc1)[C@H](Cc1ccccc1)C(=O)NC)c1ccc2c(c1)OCO2. The highest BCUT2D eigenvalue weighted by Crippen LogP contribution is 2.36. The molecule has 1 atom stereocenters. The number of ether oxygens (including phenoxy) is 2. The Balaban J connectivity index is 1.72. The van der Waals surface area contributed by atoms with E-state index in [1.807, 2.05) is 54.6 Å². The van der Waals surface area contributed by atoms with E-state index in [1.54, 1.807) is 18.2 Å². The molecule has 9 nitrogen and oxygen atoms in total. The van der Waals surface area contributed by atoms with Gasteiger partial charge in [0.2, 0.25) is 28.6 Å². The van der Waals surface area contributed by atoms with E-state index in [0.717, 1.165) is 19.9 Å². The monoisotopic (exact) mass is 615 g/mol. The number of anilines is 1. The molecular formula is C28H30BrN3O6S. The molecule has 3 aromatic rings. The van der Waals surface area contributed by atoms with Crippen LogP contribution in [0, 0.1) is 0 Å². The van der Waals surface area contributed by atoms with Gasteiger partial charge in [0.05, 0.1) is 11.4 Å². The molecule has 0 radical (unpaired) electrons. The van der Waals surface area contributed by atoms with E-state index in [1.165, 1.54) is 18.9 Å². The predicted molar refractivity (Wildman–Crippen MR) is 152 cm³/mol. The van der Waals surface area contributed by atoms with Crippen molar-refractivity contribution in [1.82, 2.24) is 10.2 Å². The second-order valence-electron chi connectivity index (χ2n) is 8.91. The maximum atomic E-state index is 14.0. The van der Waals surface area contributed by atoms with Crippen LogP contribution in [0.5, 0.6) is 11.5 Å². The Hall–Kier alpha value is -3.57. The zero-order chi connectivity index (χ0) is 28.0. The van der Waals surface area contributed by atoms with E-state index in [4.69, 9.17) is 9.47 Å². The van der Waals surface area contributed by atoms with Crippen molar-refractivity contribution in [3.05, 3.63) is 88.4 Å². The number of carbonyl (C=O) groups is 2. The Labute approximate surface area is 236 Å². The lowest BCUT2D eigenvalue weighted by atomic mass is 10.0. The summed E-state index contributed by atoms with van der Waals surface area (Å²) in [5.74, 6) is -0.187. The number of benzene rings is 3. The first-order valence-electron chi connectivity index (χ1n) is 12.4. The summed E-state index contributed by atoms with van der Waals surface area (Å²) in [4.78, 5) is 28.6. The van der Waals surface area contributed by atoms with E-state index in [0.29, 0.717) is 11.5 Å². The Kier molecular flexibility index (Phi) is 9.13. The molecule has 1 heterocycles. The van der Waals surface area contributed by atoms with Crippen LogP contribution in [0.25, 0.3) is 0 Å². The lowest BCUT2D eigenvalue weighted by molar-refractivity contribution is -0.139. The van der Waals surface area contributed by atoms with E-state index >= 15 is 0 Å². The number of halogens is 1. The minimum absolute atomic E-state index is 0.0342. The summed E-state index contributed by atoms with van der Waals surface area (Å²) < 4.78 is 39.1. The first-order valence-corrected chi connectivity index (χ1v) is 14.8. The van der Waals surface area contributed by atoms with Gasteiger partial charge in [0.15, 0.2) is 11.5 Å². The van der Waals surface area contributed by atoms with Crippen LogP contribution in [0.3, 0.4) is 0 Å². The highest BCUT2D eigenvalue weighted by atomic mass is 79.9. The van der Waals surface area contributed by atoms with Gasteiger partial charge in [0.25, 0.3) is 0 Å². The average Bonchev–Trinajstić information content (AvgIpc) is 3.42. The molecule has 0 saturated carbocycles. The average molecular weight is 617 g/mol. The maximum absolute atomic E-state index is 14.0. The molecule has 1 aliphatic heterocycles. The van der Waals surface area contributed by atoms with Gasteiger partial charge in [-0.3, -0.25) is 13.9 Å². The highest BCUT2D eigenvalue weighted by molar-refractivity contribution is 9.10. The van der Waals surface area contributed by atoms with Crippen molar-refractivity contribution in [2.24, 2.45) is 0 Å². The van der Waals surface area contributed by atoms with Crippen molar-refractivity contribution in [2.75, 3.05) is 30.4 Å². The zero-order valence-corrected chi connectivity index (χ0v) is 24.1. The molecule has 3 aromatic carbocycles. The summed E-state index contributed by atoms with van der Waals surface area (Å²) in [7, 11) is -2.35. The van der Waals surface area contributed by atoms with Crippen molar-refractivity contribution in [3.63, 3.8) is 0 Å². The molecule has 0 aliphatic carbocycles. The minimum Gasteiger partial charge on any atom is -0.454 e. The number of nitrogens with zero attached hydrogens (tertiary/aromatic N) is 2. The van der Waals surface area contributed by atoms with Gasteiger partial charge in [0, 0.05) is 30.6 Å². The van der Waals surface area contributed by atoms with Crippen LogP contribution in [-0.2, 0) is 32.6 Å². The number of amides is 2. The van der Waals surface area contributed by atoms with Crippen LogP contribution in [0.1, 0.15) is 18.1 Å². The lowest BCUT2D eigenvalue weighted by Crippen LogP contribution is -2.53. The predicted octanol–water partition coefficient (Wildman–Crippen LogP) is 3.72. The first kappa shape index (κ1) is 28.4. The number of hydrogen-bond donors (Lipinski definition) is 1.